The van der Waals surface area contributed by atoms with E-state index in [9.17, 15) is 9.59 Å². The fourth-order valence-corrected chi connectivity index (χ4v) is 1.48. The number of anilines is 1. The predicted octanol–water partition coefficient (Wildman–Crippen LogP) is 3.03. The Kier molecular flexibility index (Phi) is 6.03. The number of rotatable bonds is 5. The van der Waals surface area contributed by atoms with E-state index in [1.807, 2.05) is 27.7 Å². The lowest BCUT2D eigenvalue weighted by molar-refractivity contribution is 0.0459. The fourth-order valence-electron chi connectivity index (χ4n) is 1.48. The van der Waals surface area contributed by atoms with E-state index in [0.717, 1.165) is 0 Å². The van der Waals surface area contributed by atoms with E-state index in [1.165, 1.54) is 0 Å². The number of carbonyl (C=O) groups excluding carboxylic acids is 2. The molecule has 0 radical (unpaired) electrons. The van der Waals surface area contributed by atoms with E-state index in [-0.39, 0.29) is 24.0 Å². The maximum atomic E-state index is 11.8. The Hall–Kier alpha value is -2.04. The van der Waals surface area contributed by atoms with Gasteiger partial charge in [0.05, 0.1) is 12.2 Å². The molecule has 0 aliphatic carbocycles. The number of esters is 1. The third-order valence-corrected chi connectivity index (χ3v) is 2.32. The molecule has 0 atom stereocenters. The van der Waals surface area contributed by atoms with Crippen LogP contribution < -0.4 is 10.6 Å². The molecule has 20 heavy (non-hydrogen) atoms. The van der Waals surface area contributed by atoms with Gasteiger partial charge in [-0.25, -0.2) is 9.59 Å². The Morgan fingerprint density at radius 3 is 2.50 bits per heavy atom. The van der Waals surface area contributed by atoms with Crippen molar-refractivity contribution in [1.82, 2.24) is 5.32 Å². The Bertz CT molecular complexity index is 470. The van der Waals surface area contributed by atoms with Crippen LogP contribution in [-0.2, 0) is 4.74 Å². The van der Waals surface area contributed by atoms with Crippen molar-refractivity contribution in [2.45, 2.75) is 33.7 Å². The summed E-state index contributed by atoms with van der Waals surface area (Å²) in [5.74, 6) is -0.0938. The number of amides is 2. The van der Waals surface area contributed by atoms with Crippen molar-refractivity contribution in [2.75, 3.05) is 11.9 Å². The Labute approximate surface area is 119 Å². The maximum absolute atomic E-state index is 11.8. The van der Waals surface area contributed by atoms with Crippen LogP contribution in [0.3, 0.4) is 0 Å². The second kappa shape index (κ2) is 7.53. The molecule has 5 nitrogen and oxygen atoms in total. The Morgan fingerprint density at radius 1 is 1.20 bits per heavy atom. The number of hydrogen-bond donors (Lipinski definition) is 2. The predicted molar refractivity (Wildman–Crippen MR) is 78.9 cm³/mol. The first-order chi connectivity index (χ1) is 9.38. The molecule has 0 aromatic heterocycles. The van der Waals surface area contributed by atoms with Crippen molar-refractivity contribution in [2.24, 2.45) is 5.92 Å². The zero-order valence-electron chi connectivity index (χ0n) is 12.4. The Balaban J connectivity index is 2.65. The van der Waals surface area contributed by atoms with Gasteiger partial charge in [-0.15, -0.1) is 0 Å². The van der Waals surface area contributed by atoms with Gasteiger partial charge in [0, 0.05) is 11.7 Å². The average Bonchev–Trinajstić information content (AvgIpc) is 2.35. The second-order valence-electron chi connectivity index (χ2n) is 5.33. The van der Waals surface area contributed by atoms with Crippen LogP contribution in [0.4, 0.5) is 10.5 Å². The molecule has 110 valence electrons. The minimum atomic E-state index is -0.383. The molecular formula is C15H22N2O3. The van der Waals surface area contributed by atoms with E-state index >= 15 is 0 Å². The summed E-state index contributed by atoms with van der Waals surface area (Å²) >= 11 is 0. The highest BCUT2D eigenvalue weighted by Gasteiger charge is 2.10. The summed E-state index contributed by atoms with van der Waals surface area (Å²) in [4.78, 5) is 23.4. The SMILES string of the molecule is CC(C)COC(=O)c1cccc(NC(=O)NC(C)C)c1. The number of nitrogens with one attached hydrogen (secondary N) is 2. The van der Waals surface area contributed by atoms with Crippen LogP contribution in [0.5, 0.6) is 0 Å². The van der Waals surface area contributed by atoms with Crippen LogP contribution in [0.2, 0.25) is 0 Å². The van der Waals surface area contributed by atoms with Gasteiger partial charge in [-0.1, -0.05) is 19.9 Å². The number of benzene rings is 1. The highest BCUT2D eigenvalue weighted by atomic mass is 16.5. The molecule has 0 bridgehead atoms. The zero-order valence-corrected chi connectivity index (χ0v) is 12.4. The summed E-state index contributed by atoms with van der Waals surface area (Å²) in [6.45, 7) is 8.08. The lowest BCUT2D eigenvalue weighted by atomic mass is 10.2. The summed E-state index contributed by atoms with van der Waals surface area (Å²) in [5.41, 5.74) is 0.982. The molecule has 0 fully saturated rings. The topological polar surface area (TPSA) is 67.4 Å². The van der Waals surface area contributed by atoms with Crippen molar-refractivity contribution in [3.8, 4) is 0 Å². The highest BCUT2D eigenvalue weighted by molar-refractivity contribution is 5.93. The molecule has 0 spiro atoms. The van der Waals surface area contributed by atoms with E-state index in [1.54, 1.807) is 24.3 Å². The zero-order chi connectivity index (χ0) is 15.1. The summed E-state index contributed by atoms with van der Waals surface area (Å²) in [7, 11) is 0. The van der Waals surface area contributed by atoms with Crippen LogP contribution in [-0.4, -0.2) is 24.6 Å². The van der Waals surface area contributed by atoms with E-state index < -0.39 is 0 Å². The number of hydrogen-bond acceptors (Lipinski definition) is 3. The summed E-state index contributed by atoms with van der Waals surface area (Å²) in [6, 6.07) is 6.44. The Morgan fingerprint density at radius 2 is 1.90 bits per heavy atom. The molecule has 5 heteroatoms. The number of ether oxygens (including phenoxy) is 1. The third-order valence-electron chi connectivity index (χ3n) is 2.32. The molecule has 1 rings (SSSR count). The molecule has 1 aromatic rings. The van der Waals surface area contributed by atoms with Crippen LogP contribution in [0.15, 0.2) is 24.3 Å². The van der Waals surface area contributed by atoms with Crippen molar-refractivity contribution in [3.63, 3.8) is 0 Å². The molecule has 2 N–H and O–H groups in total. The average molecular weight is 278 g/mol. The molecule has 0 saturated carbocycles. The first-order valence-corrected chi connectivity index (χ1v) is 6.73. The largest absolute Gasteiger partial charge is 0.462 e. The fraction of sp³-hybridized carbons (Fsp3) is 0.467. The van der Waals surface area contributed by atoms with Gasteiger partial charge < -0.3 is 15.4 Å². The van der Waals surface area contributed by atoms with Gasteiger partial charge >= 0.3 is 12.0 Å². The van der Waals surface area contributed by atoms with Crippen molar-refractivity contribution >= 4 is 17.7 Å². The van der Waals surface area contributed by atoms with Crippen molar-refractivity contribution < 1.29 is 14.3 Å². The quantitative estimate of drug-likeness (QED) is 0.813. The molecule has 0 unspecified atom stereocenters. The smallest absolute Gasteiger partial charge is 0.338 e. The van der Waals surface area contributed by atoms with Gasteiger partial charge in [-0.05, 0) is 38.0 Å². The van der Waals surface area contributed by atoms with E-state index in [4.69, 9.17) is 4.74 Å². The highest BCUT2D eigenvalue weighted by Crippen LogP contribution is 2.12. The minimum absolute atomic E-state index is 0.0502. The standard InChI is InChI=1S/C15H22N2O3/c1-10(2)9-20-14(18)12-6-5-7-13(8-12)17-15(19)16-11(3)4/h5-8,10-11H,9H2,1-4H3,(H2,16,17,19). The van der Waals surface area contributed by atoms with Gasteiger partial charge in [0.1, 0.15) is 0 Å². The summed E-state index contributed by atoms with van der Waals surface area (Å²) in [5, 5.41) is 5.39. The molecular weight excluding hydrogens is 256 g/mol. The minimum Gasteiger partial charge on any atom is -0.462 e. The van der Waals surface area contributed by atoms with Crippen LogP contribution in [0.25, 0.3) is 0 Å². The van der Waals surface area contributed by atoms with Crippen LogP contribution in [0, 0.1) is 5.92 Å². The first kappa shape index (κ1) is 16.0. The molecule has 1 aromatic carbocycles. The molecule has 2 amide bonds. The van der Waals surface area contributed by atoms with Crippen molar-refractivity contribution in [1.29, 1.82) is 0 Å². The van der Waals surface area contributed by atoms with E-state index in [0.29, 0.717) is 17.9 Å². The maximum Gasteiger partial charge on any atom is 0.338 e. The number of carbonyl (C=O) groups is 2. The lowest BCUT2D eigenvalue weighted by Gasteiger charge is -2.11. The summed E-state index contributed by atoms with van der Waals surface area (Å²) < 4.78 is 5.15. The monoisotopic (exact) mass is 278 g/mol. The van der Waals surface area contributed by atoms with Gasteiger partial charge in [-0.3, -0.25) is 0 Å². The molecule has 0 saturated heterocycles. The normalized spacial score (nSPS) is 10.5. The van der Waals surface area contributed by atoms with Gasteiger partial charge in [-0.2, -0.15) is 0 Å². The third kappa shape index (κ3) is 5.73. The molecule has 0 heterocycles. The summed E-state index contributed by atoms with van der Waals surface area (Å²) in [6.07, 6.45) is 0. The molecule has 0 aliphatic heterocycles. The molecule has 0 aliphatic rings. The first-order valence-electron chi connectivity index (χ1n) is 6.73. The van der Waals surface area contributed by atoms with Crippen LogP contribution in [0.1, 0.15) is 38.1 Å². The van der Waals surface area contributed by atoms with E-state index in [2.05, 4.69) is 10.6 Å². The van der Waals surface area contributed by atoms with Gasteiger partial charge in [0.25, 0.3) is 0 Å². The van der Waals surface area contributed by atoms with Crippen LogP contribution >= 0.6 is 0 Å². The second-order valence-corrected chi connectivity index (χ2v) is 5.33. The van der Waals surface area contributed by atoms with Gasteiger partial charge in [0.15, 0.2) is 0 Å². The van der Waals surface area contributed by atoms with Gasteiger partial charge in [0.2, 0.25) is 0 Å². The lowest BCUT2D eigenvalue weighted by Crippen LogP contribution is -2.34. The number of urea groups is 1. The van der Waals surface area contributed by atoms with Crippen molar-refractivity contribution in [3.05, 3.63) is 29.8 Å².